The van der Waals surface area contributed by atoms with Crippen molar-refractivity contribution in [3.63, 3.8) is 0 Å². The Hall–Kier alpha value is -0.870. The summed E-state index contributed by atoms with van der Waals surface area (Å²) in [6.45, 7) is 2.42. The third-order valence-electron chi connectivity index (χ3n) is 1.90. The minimum atomic E-state index is 0.0372. The fraction of sp³-hybridized carbons (Fsp3) is 0.500. The second-order valence-corrected chi connectivity index (χ2v) is 4.12. The number of carbonyl (C=O) groups excluding carboxylic acids is 1. The molecule has 0 aromatic carbocycles. The number of nitrogens with two attached hydrogens (primary N) is 1. The lowest BCUT2D eigenvalue weighted by Gasteiger charge is -2.12. The van der Waals surface area contributed by atoms with Crippen LogP contribution in [0.4, 0.5) is 0 Å². The van der Waals surface area contributed by atoms with Crippen molar-refractivity contribution in [2.45, 2.75) is 25.8 Å². The zero-order chi connectivity index (χ0) is 10.4. The Morgan fingerprint density at radius 3 is 3.07 bits per heavy atom. The van der Waals surface area contributed by atoms with Gasteiger partial charge in [-0.25, -0.2) is 0 Å². The zero-order valence-corrected chi connectivity index (χ0v) is 9.14. The van der Waals surface area contributed by atoms with E-state index in [1.807, 2.05) is 12.3 Å². The fourth-order valence-corrected chi connectivity index (χ4v) is 1.97. The molecule has 0 spiro atoms. The maximum absolute atomic E-state index is 11.2. The topological polar surface area (TPSA) is 55.1 Å². The van der Waals surface area contributed by atoms with Crippen molar-refractivity contribution in [3.05, 3.63) is 22.4 Å². The first-order valence-corrected chi connectivity index (χ1v) is 5.67. The molecule has 4 heteroatoms. The van der Waals surface area contributed by atoms with Gasteiger partial charge in [0.15, 0.2) is 0 Å². The Balaban J connectivity index is 2.29. The fourth-order valence-electron chi connectivity index (χ4n) is 1.29. The summed E-state index contributed by atoms with van der Waals surface area (Å²) in [5.41, 5.74) is 6.56. The lowest BCUT2D eigenvalue weighted by molar-refractivity contribution is -0.121. The van der Waals surface area contributed by atoms with Crippen molar-refractivity contribution >= 4 is 17.2 Å². The van der Waals surface area contributed by atoms with Crippen molar-refractivity contribution in [1.82, 2.24) is 5.32 Å². The quantitative estimate of drug-likeness (QED) is 0.769. The number of hydrogen-bond donors (Lipinski definition) is 2. The van der Waals surface area contributed by atoms with Gasteiger partial charge in [-0.3, -0.25) is 4.79 Å². The minimum Gasteiger partial charge on any atom is -0.353 e. The molecule has 14 heavy (non-hydrogen) atoms. The summed E-state index contributed by atoms with van der Waals surface area (Å²) in [5.74, 6) is 0.0372. The highest BCUT2D eigenvalue weighted by molar-refractivity contribution is 7.07. The summed E-state index contributed by atoms with van der Waals surface area (Å²) in [6.07, 6.45) is 1.30. The molecule has 0 aliphatic rings. The van der Waals surface area contributed by atoms with Crippen LogP contribution in [0.25, 0.3) is 0 Å². The number of thiophene rings is 1. The van der Waals surface area contributed by atoms with Crippen LogP contribution in [-0.2, 0) is 11.2 Å². The summed E-state index contributed by atoms with van der Waals surface area (Å²) in [6, 6.07) is 2.26. The standard InChI is InChI=1S/C10H16N2OS/c1-8(12-10(13)2-4-11)6-9-3-5-14-7-9/h3,5,7-8H,2,4,6,11H2,1H3,(H,12,13). The van der Waals surface area contributed by atoms with Crippen molar-refractivity contribution in [1.29, 1.82) is 0 Å². The van der Waals surface area contributed by atoms with Crippen LogP contribution in [0.2, 0.25) is 0 Å². The Bertz CT molecular complexity index is 272. The largest absolute Gasteiger partial charge is 0.353 e. The van der Waals surface area contributed by atoms with Crippen LogP contribution >= 0.6 is 11.3 Å². The first-order valence-electron chi connectivity index (χ1n) is 4.73. The molecule has 0 saturated heterocycles. The number of rotatable bonds is 5. The van der Waals surface area contributed by atoms with Crippen LogP contribution in [0.15, 0.2) is 16.8 Å². The van der Waals surface area contributed by atoms with E-state index in [9.17, 15) is 4.79 Å². The molecular weight excluding hydrogens is 196 g/mol. The molecule has 1 atom stereocenters. The Morgan fingerprint density at radius 2 is 2.50 bits per heavy atom. The van der Waals surface area contributed by atoms with Gasteiger partial charge in [0.2, 0.25) is 5.91 Å². The molecule has 0 bridgehead atoms. The van der Waals surface area contributed by atoms with E-state index in [1.54, 1.807) is 11.3 Å². The number of carbonyl (C=O) groups is 1. The Kier molecular flexibility index (Phi) is 4.62. The van der Waals surface area contributed by atoms with Gasteiger partial charge in [-0.2, -0.15) is 11.3 Å². The second kappa shape index (κ2) is 5.78. The highest BCUT2D eigenvalue weighted by Crippen LogP contribution is 2.08. The maximum Gasteiger partial charge on any atom is 0.221 e. The summed E-state index contributed by atoms with van der Waals surface area (Å²) < 4.78 is 0. The molecule has 1 amide bonds. The van der Waals surface area contributed by atoms with Crippen LogP contribution in [0.1, 0.15) is 18.9 Å². The van der Waals surface area contributed by atoms with Crippen LogP contribution in [-0.4, -0.2) is 18.5 Å². The van der Waals surface area contributed by atoms with E-state index < -0.39 is 0 Å². The van der Waals surface area contributed by atoms with Crippen molar-refractivity contribution in [2.24, 2.45) is 5.73 Å². The molecule has 0 saturated carbocycles. The van der Waals surface area contributed by atoms with E-state index in [1.165, 1.54) is 5.56 Å². The number of nitrogens with one attached hydrogen (secondary N) is 1. The smallest absolute Gasteiger partial charge is 0.221 e. The minimum absolute atomic E-state index is 0.0372. The third kappa shape index (κ3) is 3.89. The number of hydrogen-bond acceptors (Lipinski definition) is 3. The molecule has 0 aliphatic carbocycles. The van der Waals surface area contributed by atoms with E-state index in [2.05, 4.69) is 16.8 Å². The van der Waals surface area contributed by atoms with E-state index in [0.29, 0.717) is 13.0 Å². The van der Waals surface area contributed by atoms with Gasteiger partial charge < -0.3 is 11.1 Å². The van der Waals surface area contributed by atoms with Crippen LogP contribution in [0.3, 0.4) is 0 Å². The lowest BCUT2D eigenvalue weighted by Crippen LogP contribution is -2.34. The van der Waals surface area contributed by atoms with Crippen LogP contribution in [0.5, 0.6) is 0 Å². The van der Waals surface area contributed by atoms with Gasteiger partial charge >= 0.3 is 0 Å². The second-order valence-electron chi connectivity index (χ2n) is 3.34. The molecular formula is C10H16N2OS. The van der Waals surface area contributed by atoms with Crippen LogP contribution in [0, 0.1) is 0 Å². The Labute approximate surface area is 88.3 Å². The van der Waals surface area contributed by atoms with Gasteiger partial charge in [-0.1, -0.05) is 0 Å². The predicted molar refractivity (Wildman–Crippen MR) is 59.3 cm³/mol. The summed E-state index contributed by atoms with van der Waals surface area (Å²) in [4.78, 5) is 11.2. The Morgan fingerprint density at radius 1 is 1.71 bits per heavy atom. The van der Waals surface area contributed by atoms with Gasteiger partial charge in [0, 0.05) is 19.0 Å². The monoisotopic (exact) mass is 212 g/mol. The molecule has 0 aliphatic heterocycles. The van der Waals surface area contributed by atoms with E-state index in [4.69, 9.17) is 5.73 Å². The lowest BCUT2D eigenvalue weighted by atomic mass is 10.1. The summed E-state index contributed by atoms with van der Waals surface area (Å²) >= 11 is 1.68. The molecule has 1 rings (SSSR count). The molecule has 1 aromatic heterocycles. The molecule has 3 N–H and O–H groups in total. The predicted octanol–water partition coefficient (Wildman–Crippen LogP) is 1.14. The first-order chi connectivity index (χ1) is 6.72. The average molecular weight is 212 g/mol. The number of amides is 1. The maximum atomic E-state index is 11.2. The molecule has 78 valence electrons. The normalized spacial score (nSPS) is 12.4. The molecule has 3 nitrogen and oxygen atoms in total. The SMILES string of the molecule is CC(Cc1ccsc1)NC(=O)CCN. The molecule has 0 radical (unpaired) electrons. The summed E-state index contributed by atoms with van der Waals surface area (Å²) in [7, 11) is 0. The molecule has 1 heterocycles. The van der Waals surface area contributed by atoms with Crippen LogP contribution < -0.4 is 11.1 Å². The highest BCUT2D eigenvalue weighted by atomic mass is 32.1. The van der Waals surface area contributed by atoms with Crippen molar-refractivity contribution in [3.8, 4) is 0 Å². The zero-order valence-electron chi connectivity index (χ0n) is 8.32. The van der Waals surface area contributed by atoms with Crippen molar-refractivity contribution < 1.29 is 4.79 Å². The highest BCUT2D eigenvalue weighted by Gasteiger charge is 2.07. The van der Waals surface area contributed by atoms with Crippen molar-refractivity contribution in [2.75, 3.05) is 6.54 Å². The van der Waals surface area contributed by atoms with Gasteiger partial charge in [0.1, 0.15) is 0 Å². The average Bonchev–Trinajstić information content (AvgIpc) is 2.56. The van der Waals surface area contributed by atoms with Gasteiger partial charge in [0.05, 0.1) is 0 Å². The first kappa shape index (κ1) is 11.2. The van der Waals surface area contributed by atoms with Gasteiger partial charge in [0.25, 0.3) is 0 Å². The van der Waals surface area contributed by atoms with E-state index >= 15 is 0 Å². The van der Waals surface area contributed by atoms with Gasteiger partial charge in [-0.15, -0.1) is 0 Å². The third-order valence-corrected chi connectivity index (χ3v) is 2.63. The molecule has 1 unspecified atom stereocenters. The molecule has 0 fully saturated rings. The summed E-state index contributed by atoms with van der Waals surface area (Å²) in [5, 5.41) is 7.05. The van der Waals surface area contributed by atoms with E-state index in [-0.39, 0.29) is 11.9 Å². The van der Waals surface area contributed by atoms with E-state index in [0.717, 1.165) is 6.42 Å². The van der Waals surface area contributed by atoms with Gasteiger partial charge in [-0.05, 0) is 35.7 Å². The molecule has 1 aromatic rings.